The molecule has 0 bridgehead atoms. The van der Waals surface area contributed by atoms with Gasteiger partial charge in [0.05, 0.1) is 0 Å². The van der Waals surface area contributed by atoms with Gasteiger partial charge >= 0.3 is 0 Å². The van der Waals surface area contributed by atoms with E-state index in [4.69, 9.17) is 4.74 Å². The Hall–Kier alpha value is -1.79. The lowest BCUT2D eigenvalue weighted by molar-refractivity contribution is -0.119. The first-order valence-corrected chi connectivity index (χ1v) is 7.17. The number of anilines is 1. The molecule has 1 N–H and O–H groups in total. The van der Waals surface area contributed by atoms with Gasteiger partial charge in [-0.1, -0.05) is 48.6 Å². The highest BCUT2D eigenvalue weighted by Gasteiger charge is 2.12. The van der Waals surface area contributed by atoms with Crippen LogP contribution in [0.2, 0.25) is 0 Å². The zero-order chi connectivity index (χ0) is 14.4. The molecule has 6 heteroatoms. The molecule has 0 saturated carbocycles. The fourth-order valence-electron chi connectivity index (χ4n) is 1.83. The van der Waals surface area contributed by atoms with Crippen molar-refractivity contribution in [1.82, 2.24) is 10.2 Å². The van der Waals surface area contributed by atoms with Crippen LogP contribution in [0, 0.1) is 0 Å². The fraction of sp³-hybridized carbons (Fsp3) is 0.357. The molecular weight excluding hydrogens is 274 g/mol. The zero-order valence-electron chi connectivity index (χ0n) is 11.5. The summed E-state index contributed by atoms with van der Waals surface area (Å²) < 4.78 is 4.75. The predicted octanol–water partition coefficient (Wildman–Crippen LogP) is 2.47. The Kier molecular flexibility index (Phi) is 5.20. The third-order valence-corrected chi connectivity index (χ3v) is 3.70. The van der Waals surface area contributed by atoms with Gasteiger partial charge in [0.25, 0.3) is 5.91 Å². The van der Waals surface area contributed by atoms with E-state index in [0.717, 1.165) is 11.4 Å². The number of amides is 1. The maximum atomic E-state index is 11.4. The van der Waals surface area contributed by atoms with Gasteiger partial charge in [-0.15, -0.1) is 10.2 Å². The minimum Gasteiger partial charge on any atom is -0.375 e. The van der Waals surface area contributed by atoms with Crippen LogP contribution in [0.5, 0.6) is 0 Å². The molecule has 106 valence electrons. The minimum absolute atomic E-state index is 0.0231. The molecule has 0 aliphatic heterocycles. The molecule has 0 aliphatic rings. The highest BCUT2D eigenvalue weighted by atomic mass is 32.1. The van der Waals surface area contributed by atoms with E-state index in [2.05, 4.69) is 34.6 Å². The quantitative estimate of drug-likeness (QED) is 0.888. The molecule has 0 spiro atoms. The average molecular weight is 291 g/mol. The van der Waals surface area contributed by atoms with Crippen molar-refractivity contribution in [2.75, 3.05) is 19.0 Å². The highest BCUT2D eigenvalue weighted by molar-refractivity contribution is 7.15. The highest BCUT2D eigenvalue weighted by Crippen LogP contribution is 2.23. The number of carbonyl (C=O) groups is 1. The molecular formula is C14H17N3O2S. The van der Waals surface area contributed by atoms with Gasteiger partial charge in [-0.05, 0) is 11.5 Å². The molecule has 1 amide bonds. The zero-order valence-corrected chi connectivity index (χ0v) is 12.3. The summed E-state index contributed by atoms with van der Waals surface area (Å²) in [7, 11) is 1.48. The summed E-state index contributed by atoms with van der Waals surface area (Å²) in [6.45, 7) is 2.18. The number of benzene rings is 1. The fourth-order valence-corrected chi connectivity index (χ4v) is 2.72. The largest absolute Gasteiger partial charge is 0.375 e. The number of nitrogens with one attached hydrogen (secondary N) is 1. The topological polar surface area (TPSA) is 64.1 Å². The number of hydrogen-bond acceptors (Lipinski definition) is 5. The maximum Gasteiger partial charge on any atom is 0.252 e. The van der Waals surface area contributed by atoms with Crippen LogP contribution in [-0.2, 0) is 16.0 Å². The Morgan fingerprint density at radius 2 is 2.10 bits per heavy atom. The van der Waals surface area contributed by atoms with E-state index in [9.17, 15) is 4.79 Å². The number of methoxy groups -OCH3 is 1. The van der Waals surface area contributed by atoms with Gasteiger partial charge in [-0.2, -0.15) is 0 Å². The molecule has 5 nitrogen and oxygen atoms in total. The molecule has 1 heterocycles. The van der Waals surface area contributed by atoms with Crippen LogP contribution < -0.4 is 5.32 Å². The molecule has 2 rings (SSSR count). The minimum atomic E-state index is -0.216. The lowest BCUT2D eigenvalue weighted by Crippen LogP contribution is -2.16. The molecule has 1 atom stereocenters. The van der Waals surface area contributed by atoms with Crippen molar-refractivity contribution in [2.45, 2.75) is 19.3 Å². The second kappa shape index (κ2) is 7.12. The standard InChI is InChI=1S/C14H17N3O2S/c1-10(11-6-4-3-5-7-11)8-13-16-17-14(20-13)15-12(18)9-19-2/h3-7,10H,8-9H2,1-2H3,(H,15,17,18)/t10-/m1/s1. The second-order valence-electron chi connectivity index (χ2n) is 4.50. The molecule has 0 saturated heterocycles. The summed E-state index contributed by atoms with van der Waals surface area (Å²) >= 11 is 1.40. The number of ether oxygens (including phenoxy) is 1. The van der Waals surface area contributed by atoms with Gasteiger partial charge in [-0.3, -0.25) is 10.1 Å². The lowest BCUT2D eigenvalue weighted by Gasteiger charge is -2.08. The summed E-state index contributed by atoms with van der Waals surface area (Å²) in [6.07, 6.45) is 0.807. The van der Waals surface area contributed by atoms with Crippen LogP contribution in [0.1, 0.15) is 23.4 Å². The summed E-state index contributed by atoms with van der Waals surface area (Å²) in [5.41, 5.74) is 1.27. The van der Waals surface area contributed by atoms with Crippen LogP contribution in [-0.4, -0.2) is 29.8 Å². The van der Waals surface area contributed by atoms with E-state index in [-0.39, 0.29) is 12.5 Å². The van der Waals surface area contributed by atoms with Gasteiger partial charge in [0, 0.05) is 13.5 Å². The molecule has 20 heavy (non-hydrogen) atoms. The Morgan fingerprint density at radius 1 is 1.35 bits per heavy atom. The molecule has 0 unspecified atom stereocenters. The smallest absolute Gasteiger partial charge is 0.252 e. The van der Waals surface area contributed by atoms with Crippen LogP contribution in [0.3, 0.4) is 0 Å². The Morgan fingerprint density at radius 3 is 2.80 bits per heavy atom. The van der Waals surface area contributed by atoms with Gasteiger partial charge in [0.2, 0.25) is 5.13 Å². The van der Waals surface area contributed by atoms with E-state index in [0.29, 0.717) is 11.0 Å². The molecule has 1 aromatic heterocycles. The van der Waals surface area contributed by atoms with E-state index in [1.807, 2.05) is 18.2 Å². The third-order valence-electron chi connectivity index (χ3n) is 2.84. The first-order valence-electron chi connectivity index (χ1n) is 6.35. The monoisotopic (exact) mass is 291 g/mol. The molecule has 2 aromatic rings. The van der Waals surface area contributed by atoms with Crippen molar-refractivity contribution in [1.29, 1.82) is 0 Å². The third kappa shape index (κ3) is 4.11. The van der Waals surface area contributed by atoms with Gasteiger partial charge in [0.15, 0.2) is 0 Å². The number of rotatable bonds is 6. The Bertz CT molecular complexity index is 557. The molecule has 0 aliphatic carbocycles. The number of carbonyl (C=O) groups excluding carboxylic acids is 1. The normalized spacial score (nSPS) is 12.1. The van der Waals surface area contributed by atoms with Crippen molar-refractivity contribution in [3.63, 3.8) is 0 Å². The van der Waals surface area contributed by atoms with Gasteiger partial charge in [0.1, 0.15) is 11.6 Å². The summed E-state index contributed by atoms with van der Waals surface area (Å²) in [5.74, 6) is 0.151. The Labute approximate surface area is 122 Å². The van der Waals surface area contributed by atoms with Crippen LogP contribution >= 0.6 is 11.3 Å². The summed E-state index contributed by atoms with van der Waals surface area (Å²) in [5, 5.41) is 12.2. The molecule has 1 aromatic carbocycles. The SMILES string of the molecule is COCC(=O)Nc1nnc(C[C@@H](C)c2ccccc2)s1. The summed E-state index contributed by atoms with van der Waals surface area (Å²) in [4.78, 5) is 11.4. The van der Waals surface area contributed by atoms with E-state index in [1.54, 1.807) is 0 Å². The predicted molar refractivity (Wildman–Crippen MR) is 79.0 cm³/mol. The number of nitrogens with zero attached hydrogens (tertiary/aromatic N) is 2. The van der Waals surface area contributed by atoms with Gasteiger partial charge in [-0.25, -0.2) is 0 Å². The van der Waals surface area contributed by atoms with Crippen LogP contribution in [0.25, 0.3) is 0 Å². The van der Waals surface area contributed by atoms with Crippen LogP contribution in [0.15, 0.2) is 30.3 Å². The van der Waals surface area contributed by atoms with E-state index < -0.39 is 0 Å². The molecule has 0 fully saturated rings. The van der Waals surface area contributed by atoms with Crippen molar-refractivity contribution >= 4 is 22.4 Å². The average Bonchev–Trinajstić information content (AvgIpc) is 2.87. The second-order valence-corrected chi connectivity index (χ2v) is 5.56. The molecule has 0 radical (unpaired) electrons. The van der Waals surface area contributed by atoms with Crippen LogP contribution in [0.4, 0.5) is 5.13 Å². The van der Waals surface area contributed by atoms with Crippen molar-refractivity contribution in [3.8, 4) is 0 Å². The van der Waals surface area contributed by atoms with Crippen molar-refractivity contribution in [3.05, 3.63) is 40.9 Å². The van der Waals surface area contributed by atoms with Crippen molar-refractivity contribution in [2.24, 2.45) is 0 Å². The van der Waals surface area contributed by atoms with Crippen molar-refractivity contribution < 1.29 is 9.53 Å². The summed E-state index contributed by atoms with van der Waals surface area (Å²) in [6, 6.07) is 10.3. The lowest BCUT2D eigenvalue weighted by atomic mass is 9.98. The van der Waals surface area contributed by atoms with E-state index in [1.165, 1.54) is 24.0 Å². The van der Waals surface area contributed by atoms with Gasteiger partial charge < -0.3 is 4.74 Å². The van der Waals surface area contributed by atoms with E-state index >= 15 is 0 Å². The Balaban J connectivity index is 1.94. The maximum absolute atomic E-state index is 11.4. The number of hydrogen-bond donors (Lipinski definition) is 1. The first-order chi connectivity index (χ1) is 9.69. The number of aromatic nitrogens is 2. The first kappa shape index (κ1) is 14.6.